The van der Waals surface area contributed by atoms with Crippen LogP contribution in [0.5, 0.6) is 0 Å². The maximum Gasteiger partial charge on any atom is 0.374 e. The molecule has 0 N–H and O–H groups in total. The maximum atomic E-state index is 11.9. The van der Waals surface area contributed by atoms with Crippen LogP contribution < -0.4 is 0 Å². The predicted octanol–water partition coefficient (Wildman–Crippen LogP) is 0.556. The molecule has 0 aliphatic rings. The normalized spacial score (nSPS) is 11.4. The van der Waals surface area contributed by atoms with Gasteiger partial charge in [0.15, 0.2) is 0 Å². The number of rotatable bonds is 9. The second-order valence-electron chi connectivity index (χ2n) is 4.44. The fourth-order valence-corrected chi connectivity index (χ4v) is 1.92. The highest BCUT2D eigenvalue weighted by molar-refractivity contribution is 6.33. The first-order chi connectivity index (χ1) is 9.90. The highest BCUT2D eigenvalue weighted by Crippen LogP contribution is 2.15. The average Bonchev–Trinajstić information content (AvgIpc) is 2.50. The van der Waals surface area contributed by atoms with E-state index in [0.717, 1.165) is 7.11 Å². The van der Waals surface area contributed by atoms with Crippen molar-refractivity contribution in [2.75, 3.05) is 27.3 Å². The Morgan fingerprint density at radius 1 is 1.00 bits per heavy atom. The first-order valence-corrected chi connectivity index (χ1v) is 6.87. The van der Waals surface area contributed by atoms with Crippen LogP contribution in [0.4, 0.5) is 0 Å². The van der Waals surface area contributed by atoms with Crippen LogP contribution in [-0.2, 0) is 28.7 Å². The molecular formula is C14H23NO6. The van der Waals surface area contributed by atoms with E-state index >= 15 is 0 Å². The number of hydrogen-bond donors (Lipinski definition) is 0. The van der Waals surface area contributed by atoms with Crippen molar-refractivity contribution in [2.24, 2.45) is 5.92 Å². The molecule has 0 rings (SSSR count). The monoisotopic (exact) mass is 301 g/mol. The molecule has 1 atom stereocenters. The van der Waals surface area contributed by atoms with E-state index in [4.69, 9.17) is 0 Å². The summed E-state index contributed by atoms with van der Waals surface area (Å²) < 4.78 is 8.91. The summed E-state index contributed by atoms with van der Waals surface area (Å²) in [5.74, 6) is -3.33. The number of carbonyl (C=O) groups excluding carboxylic acids is 4. The fourth-order valence-electron chi connectivity index (χ4n) is 1.92. The van der Waals surface area contributed by atoms with Gasteiger partial charge in [0.1, 0.15) is 0 Å². The van der Waals surface area contributed by atoms with Crippen LogP contribution in [0.25, 0.3) is 0 Å². The minimum absolute atomic E-state index is 0.0978. The highest BCUT2D eigenvalue weighted by Gasteiger charge is 2.27. The van der Waals surface area contributed by atoms with Crippen molar-refractivity contribution in [3.8, 4) is 0 Å². The molecule has 0 fully saturated rings. The SMILES string of the molecule is CCN(CC)C(=O)CCC(CC(=O)C(=O)OC)C(=O)OC. The van der Waals surface area contributed by atoms with E-state index in [-0.39, 0.29) is 25.2 Å². The molecule has 1 unspecified atom stereocenters. The van der Waals surface area contributed by atoms with Crippen LogP contribution in [0.3, 0.4) is 0 Å². The van der Waals surface area contributed by atoms with E-state index < -0.39 is 23.6 Å². The van der Waals surface area contributed by atoms with E-state index in [1.54, 1.807) is 4.90 Å². The number of methoxy groups -OCH3 is 2. The summed E-state index contributed by atoms with van der Waals surface area (Å²) in [4.78, 5) is 47.8. The number of Topliss-reactive ketones (excluding diaryl/α,β-unsaturated/α-hetero) is 1. The first kappa shape index (κ1) is 19.1. The Kier molecular flexibility index (Phi) is 9.00. The lowest BCUT2D eigenvalue weighted by Gasteiger charge is -2.20. The Balaban J connectivity index is 4.65. The van der Waals surface area contributed by atoms with Gasteiger partial charge in [-0.1, -0.05) is 0 Å². The molecule has 0 aromatic rings. The molecule has 0 aliphatic heterocycles. The molecule has 120 valence electrons. The van der Waals surface area contributed by atoms with Crippen LogP contribution in [-0.4, -0.2) is 55.8 Å². The van der Waals surface area contributed by atoms with E-state index in [2.05, 4.69) is 9.47 Å². The van der Waals surface area contributed by atoms with Crippen molar-refractivity contribution in [1.82, 2.24) is 4.90 Å². The molecule has 0 aromatic heterocycles. The molecule has 0 radical (unpaired) electrons. The summed E-state index contributed by atoms with van der Waals surface area (Å²) in [6.45, 7) is 4.89. The van der Waals surface area contributed by atoms with Crippen molar-refractivity contribution < 1.29 is 28.7 Å². The summed E-state index contributed by atoms with van der Waals surface area (Å²) in [5, 5.41) is 0. The van der Waals surface area contributed by atoms with Crippen LogP contribution in [0.15, 0.2) is 0 Å². The molecule has 0 saturated heterocycles. The van der Waals surface area contributed by atoms with Gasteiger partial charge in [0.2, 0.25) is 11.7 Å². The van der Waals surface area contributed by atoms with Crippen LogP contribution in [0.2, 0.25) is 0 Å². The predicted molar refractivity (Wildman–Crippen MR) is 74.3 cm³/mol. The zero-order chi connectivity index (χ0) is 16.4. The number of ketones is 1. The van der Waals surface area contributed by atoms with Crippen molar-refractivity contribution in [3.63, 3.8) is 0 Å². The second kappa shape index (κ2) is 9.90. The highest BCUT2D eigenvalue weighted by atomic mass is 16.5. The van der Waals surface area contributed by atoms with Crippen LogP contribution in [0.1, 0.15) is 33.1 Å². The van der Waals surface area contributed by atoms with E-state index in [9.17, 15) is 19.2 Å². The van der Waals surface area contributed by atoms with Crippen molar-refractivity contribution >= 4 is 23.6 Å². The van der Waals surface area contributed by atoms with Gasteiger partial charge >= 0.3 is 11.9 Å². The minimum Gasteiger partial charge on any atom is -0.469 e. The number of ether oxygens (including phenoxy) is 2. The molecule has 0 bridgehead atoms. The van der Waals surface area contributed by atoms with E-state index in [0.29, 0.717) is 13.1 Å². The minimum atomic E-state index is -1.00. The zero-order valence-electron chi connectivity index (χ0n) is 13.0. The topological polar surface area (TPSA) is 90.0 Å². The zero-order valence-corrected chi connectivity index (χ0v) is 13.0. The Morgan fingerprint density at radius 2 is 1.57 bits per heavy atom. The second-order valence-corrected chi connectivity index (χ2v) is 4.44. The number of amides is 1. The van der Waals surface area contributed by atoms with Gasteiger partial charge in [-0.15, -0.1) is 0 Å². The summed E-state index contributed by atoms with van der Waals surface area (Å²) in [6.07, 6.45) is -0.0362. The molecule has 1 amide bonds. The molecule has 0 saturated carbocycles. The van der Waals surface area contributed by atoms with E-state index in [1.165, 1.54) is 7.11 Å². The molecule has 7 heteroatoms. The fraction of sp³-hybridized carbons (Fsp3) is 0.714. The molecule has 21 heavy (non-hydrogen) atoms. The van der Waals surface area contributed by atoms with Gasteiger partial charge in [-0.2, -0.15) is 0 Å². The lowest BCUT2D eigenvalue weighted by atomic mass is 9.96. The Hall–Kier alpha value is -1.92. The molecule has 0 aliphatic carbocycles. The Labute approximate surface area is 124 Å². The van der Waals surface area contributed by atoms with Crippen molar-refractivity contribution in [2.45, 2.75) is 33.1 Å². The van der Waals surface area contributed by atoms with Gasteiger partial charge in [-0.3, -0.25) is 14.4 Å². The summed E-state index contributed by atoms with van der Waals surface area (Å²) in [6, 6.07) is 0. The van der Waals surface area contributed by atoms with E-state index in [1.807, 2.05) is 13.8 Å². The van der Waals surface area contributed by atoms with Crippen molar-refractivity contribution in [1.29, 1.82) is 0 Å². The lowest BCUT2D eigenvalue weighted by molar-refractivity contribution is -0.154. The quantitative estimate of drug-likeness (QED) is 0.456. The third kappa shape index (κ3) is 6.37. The van der Waals surface area contributed by atoms with Gasteiger partial charge in [-0.25, -0.2) is 4.79 Å². The Bertz CT molecular complexity index is 389. The number of hydrogen-bond acceptors (Lipinski definition) is 6. The molecule has 7 nitrogen and oxygen atoms in total. The molecule has 0 spiro atoms. The van der Waals surface area contributed by atoms with Crippen LogP contribution in [0, 0.1) is 5.92 Å². The Morgan fingerprint density at radius 3 is 2.00 bits per heavy atom. The summed E-state index contributed by atoms with van der Waals surface area (Å²) >= 11 is 0. The van der Waals surface area contributed by atoms with Gasteiger partial charge in [0, 0.05) is 25.9 Å². The smallest absolute Gasteiger partial charge is 0.374 e. The van der Waals surface area contributed by atoms with Crippen LogP contribution >= 0.6 is 0 Å². The first-order valence-electron chi connectivity index (χ1n) is 6.87. The number of esters is 2. The molecule has 0 heterocycles. The van der Waals surface area contributed by atoms with Crippen molar-refractivity contribution in [3.05, 3.63) is 0 Å². The van der Waals surface area contributed by atoms with Gasteiger partial charge < -0.3 is 14.4 Å². The largest absolute Gasteiger partial charge is 0.469 e. The standard InChI is InChI=1S/C14H23NO6/c1-5-15(6-2)12(17)8-7-10(13(18)20-3)9-11(16)14(19)21-4/h10H,5-9H2,1-4H3. The third-order valence-electron chi connectivity index (χ3n) is 3.20. The number of carbonyl (C=O) groups is 4. The van der Waals surface area contributed by atoms with Gasteiger partial charge in [-0.05, 0) is 20.3 Å². The van der Waals surface area contributed by atoms with Gasteiger partial charge in [0.25, 0.3) is 0 Å². The van der Waals surface area contributed by atoms with Gasteiger partial charge in [0.05, 0.1) is 20.1 Å². The third-order valence-corrected chi connectivity index (χ3v) is 3.20. The summed E-state index contributed by atoms with van der Waals surface area (Å²) in [7, 11) is 2.29. The number of nitrogens with zero attached hydrogens (tertiary/aromatic N) is 1. The molecular weight excluding hydrogens is 278 g/mol. The average molecular weight is 301 g/mol. The lowest BCUT2D eigenvalue weighted by Crippen LogP contribution is -2.32. The maximum absolute atomic E-state index is 11.9. The summed E-state index contributed by atoms with van der Waals surface area (Å²) in [5.41, 5.74) is 0. The molecule has 0 aromatic carbocycles.